The van der Waals surface area contributed by atoms with E-state index in [9.17, 15) is 0 Å². The number of halogens is 1. The summed E-state index contributed by atoms with van der Waals surface area (Å²) in [5.41, 5.74) is 5.01. The van der Waals surface area contributed by atoms with Crippen molar-refractivity contribution in [2.24, 2.45) is 5.73 Å². The molecule has 58 valence electrons. The van der Waals surface area contributed by atoms with Gasteiger partial charge in [0.2, 0.25) is 0 Å². The lowest BCUT2D eigenvalue weighted by molar-refractivity contribution is 0.0672. The van der Waals surface area contributed by atoms with E-state index in [-0.39, 0.29) is 12.4 Å². The first-order chi connectivity index (χ1) is 4.27. The third-order valence-corrected chi connectivity index (χ3v) is 1.58. The van der Waals surface area contributed by atoms with Crippen molar-refractivity contribution in [3.63, 3.8) is 0 Å². The van der Waals surface area contributed by atoms with E-state index in [0.717, 1.165) is 0 Å². The van der Waals surface area contributed by atoms with Crippen molar-refractivity contribution in [1.82, 2.24) is 0 Å². The Morgan fingerprint density at radius 3 is 2.20 bits per heavy atom. The Morgan fingerprint density at radius 1 is 1.40 bits per heavy atom. The Bertz CT molecular complexity index is 137. The van der Waals surface area contributed by atoms with E-state index in [0.29, 0.717) is 26.1 Å². The van der Waals surface area contributed by atoms with Crippen LogP contribution in [0.3, 0.4) is 0 Å². The molecule has 0 spiro atoms. The fourth-order valence-corrected chi connectivity index (χ4v) is 0.837. The van der Waals surface area contributed by atoms with Gasteiger partial charge in [-0.1, -0.05) is 0 Å². The zero-order chi connectivity index (χ0) is 6.74. The Kier molecular flexibility index (Phi) is 3.66. The van der Waals surface area contributed by atoms with Gasteiger partial charge >= 0.3 is 0 Å². The van der Waals surface area contributed by atoms with Crippen molar-refractivity contribution < 1.29 is 4.74 Å². The van der Waals surface area contributed by atoms with E-state index >= 15 is 0 Å². The molecule has 10 heavy (non-hydrogen) atoms. The Morgan fingerprint density at radius 2 is 1.90 bits per heavy atom. The summed E-state index contributed by atoms with van der Waals surface area (Å²) in [5.74, 6) is 0. The second-order valence-corrected chi connectivity index (χ2v) is 2.33. The molecular weight excluding hydrogens is 152 g/mol. The van der Waals surface area contributed by atoms with Crippen LogP contribution < -0.4 is 5.73 Å². The van der Waals surface area contributed by atoms with Crippen molar-refractivity contribution in [2.75, 3.05) is 13.2 Å². The molecule has 1 rings (SSSR count). The van der Waals surface area contributed by atoms with Crippen LogP contribution in [0.4, 0.5) is 0 Å². The van der Waals surface area contributed by atoms with Crippen molar-refractivity contribution in [1.29, 1.82) is 0 Å². The monoisotopic (exact) mass is 162 g/mol. The van der Waals surface area contributed by atoms with E-state index in [1.54, 1.807) is 0 Å². The largest absolute Gasteiger partial charge is 0.381 e. The van der Waals surface area contributed by atoms with Crippen LogP contribution in [0.2, 0.25) is 0 Å². The molecule has 0 aromatic rings. The zero-order valence-corrected chi connectivity index (χ0v) is 6.49. The van der Waals surface area contributed by atoms with Gasteiger partial charge in [0.1, 0.15) is 0 Å². The van der Waals surface area contributed by atoms with Crippen LogP contribution in [0.1, 0.15) is 12.8 Å². The maximum atomic E-state index is 6.74. The second kappa shape index (κ2) is 3.77. The van der Waals surface area contributed by atoms with Gasteiger partial charge in [0.25, 0.3) is 5.66 Å². The summed E-state index contributed by atoms with van der Waals surface area (Å²) < 4.78 is 5.04. The fraction of sp³-hybridized carbons (Fsp3) is 0.833. The highest BCUT2D eigenvalue weighted by atomic mass is 35.5. The van der Waals surface area contributed by atoms with Gasteiger partial charge < -0.3 is 4.74 Å². The SMILES string of the molecule is Cl.[C-]#[N+]C1(N)CCOCC1. The highest BCUT2D eigenvalue weighted by Crippen LogP contribution is 2.17. The molecule has 1 fully saturated rings. The molecule has 3 nitrogen and oxygen atoms in total. The van der Waals surface area contributed by atoms with Gasteiger partial charge in [-0.25, -0.2) is 6.57 Å². The van der Waals surface area contributed by atoms with E-state index in [1.807, 2.05) is 0 Å². The van der Waals surface area contributed by atoms with Crippen LogP contribution in [0.25, 0.3) is 4.85 Å². The summed E-state index contributed by atoms with van der Waals surface area (Å²) in [4.78, 5) is 3.33. The fourth-order valence-electron chi connectivity index (χ4n) is 0.837. The van der Waals surface area contributed by atoms with Crippen LogP contribution in [-0.2, 0) is 4.74 Å². The molecule has 0 saturated carbocycles. The average molecular weight is 163 g/mol. The van der Waals surface area contributed by atoms with E-state index < -0.39 is 5.66 Å². The predicted octanol–water partition coefficient (Wildman–Crippen LogP) is 0.793. The van der Waals surface area contributed by atoms with Crippen molar-refractivity contribution in [3.05, 3.63) is 11.4 Å². The van der Waals surface area contributed by atoms with Gasteiger partial charge in [-0.2, -0.15) is 0 Å². The first kappa shape index (κ1) is 9.70. The number of rotatable bonds is 0. The van der Waals surface area contributed by atoms with Gasteiger partial charge in [0.15, 0.2) is 0 Å². The molecule has 0 aromatic heterocycles. The van der Waals surface area contributed by atoms with Crippen molar-refractivity contribution >= 4 is 12.4 Å². The quantitative estimate of drug-likeness (QED) is 0.535. The molecule has 0 bridgehead atoms. The number of ether oxygens (including phenoxy) is 1. The molecule has 1 aliphatic heterocycles. The lowest BCUT2D eigenvalue weighted by Crippen LogP contribution is -2.41. The minimum atomic E-state index is -0.613. The van der Waals surface area contributed by atoms with Crippen LogP contribution in [0.15, 0.2) is 0 Å². The third kappa shape index (κ3) is 2.14. The summed E-state index contributed by atoms with van der Waals surface area (Å²) >= 11 is 0. The number of nitrogens with zero attached hydrogens (tertiary/aromatic N) is 1. The normalized spacial score (nSPS) is 22.4. The standard InChI is InChI=1S/C6H10N2O.ClH/c1-8-6(7)2-4-9-5-3-6;/h2-5,7H2;1H. The summed E-state index contributed by atoms with van der Waals surface area (Å²) in [7, 11) is 0. The van der Waals surface area contributed by atoms with Crippen LogP contribution >= 0.6 is 12.4 Å². The molecule has 0 aromatic carbocycles. The minimum absolute atomic E-state index is 0. The van der Waals surface area contributed by atoms with E-state index in [1.165, 1.54) is 0 Å². The van der Waals surface area contributed by atoms with Gasteiger partial charge in [0, 0.05) is 0 Å². The summed E-state index contributed by atoms with van der Waals surface area (Å²) in [5, 5.41) is 0. The lowest BCUT2D eigenvalue weighted by Gasteiger charge is -2.21. The smallest absolute Gasteiger partial charge is 0.288 e. The third-order valence-electron chi connectivity index (χ3n) is 1.58. The van der Waals surface area contributed by atoms with Gasteiger partial charge in [0.05, 0.1) is 26.1 Å². The van der Waals surface area contributed by atoms with Crippen molar-refractivity contribution in [2.45, 2.75) is 18.5 Å². The molecule has 0 unspecified atom stereocenters. The predicted molar refractivity (Wildman–Crippen MR) is 40.8 cm³/mol. The average Bonchev–Trinajstić information content (AvgIpc) is 1.90. The lowest BCUT2D eigenvalue weighted by atomic mass is 10.0. The van der Waals surface area contributed by atoms with Gasteiger partial charge in [-0.3, -0.25) is 10.6 Å². The second-order valence-electron chi connectivity index (χ2n) is 2.33. The van der Waals surface area contributed by atoms with E-state index in [2.05, 4.69) is 4.85 Å². The molecular formula is C6H11ClN2O. The molecule has 0 radical (unpaired) electrons. The first-order valence-corrected chi connectivity index (χ1v) is 3.02. The number of hydrogen-bond acceptors (Lipinski definition) is 2. The van der Waals surface area contributed by atoms with Crippen LogP contribution in [0, 0.1) is 6.57 Å². The summed E-state index contributed by atoms with van der Waals surface area (Å²) in [6, 6.07) is 0. The maximum absolute atomic E-state index is 6.74. The topological polar surface area (TPSA) is 39.6 Å². The first-order valence-electron chi connectivity index (χ1n) is 3.02. The Balaban J connectivity index is 0.000000810. The van der Waals surface area contributed by atoms with Gasteiger partial charge in [-0.05, 0) is 0 Å². The highest BCUT2D eigenvalue weighted by Gasteiger charge is 2.33. The molecule has 0 amide bonds. The summed E-state index contributed by atoms with van der Waals surface area (Å²) in [6.07, 6.45) is 1.35. The van der Waals surface area contributed by atoms with Crippen molar-refractivity contribution in [3.8, 4) is 0 Å². The van der Waals surface area contributed by atoms with E-state index in [4.69, 9.17) is 17.0 Å². The highest BCUT2D eigenvalue weighted by molar-refractivity contribution is 5.85. The molecule has 1 saturated heterocycles. The molecule has 2 N–H and O–H groups in total. The maximum Gasteiger partial charge on any atom is 0.288 e. The Hall–Kier alpha value is -0.300. The molecule has 1 aliphatic rings. The molecule has 4 heteroatoms. The zero-order valence-electron chi connectivity index (χ0n) is 5.67. The van der Waals surface area contributed by atoms with Crippen LogP contribution in [-0.4, -0.2) is 18.9 Å². The molecule has 0 aliphatic carbocycles. The minimum Gasteiger partial charge on any atom is -0.381 e. The van der Waals surface area contributed by atoms with Gasteiger partial charge in [-0.15, -0.1) is 12.4 Å². The number of hydrogen-bond donors (Lipinski definition) is 1. The van der Waals surface area contributed by atoms with Crippen LogP contribution in [0.5, 0.6) is 0 Å². The summed E-state index contributed by atoms with van der Waals surface area (Å²) in [6.45, 7) is 8.01. The molecule has 0 atom stereocenters. The molecule has 1 heterocycles. The Labute approximate surface area is 66.8 Å². The number of nitrogens with two attached hydrogens (primary N) is 1.